The molecule has 14 heavy (non-hydrogen) atoms. The Morgan fingerprint density at radius 2 is 2.14 bits per heavy atom. The van der Waals surface area contributed by atoms with Gasteiger partial charge in [0.2, 0.25) is 0 Å². The van der Waals surface area contributed by atoms with Crippen LogP contribution in [0.1, 0.15) is 26.5 Å². The summed E-state index contributed by atoms with van der Waals surface area (Å²) < 4.78 is 6.76. The summed E-state index contributed by atoms with van der Waals surface area (Å²) in [6.07, 6.45) is 0. The Hall–Kier alpha value is -1.03. The van der Waals surface area contributed by atoms with Crippen molar-refractivity contribution in [1.29, 1.82) is 0 Å². The van der Waals surface area contributed by atoms with Crippen molar-refractivity contribution in [3.05, 3.63) is 11.8 Å². The molecular formula is C10H19N3O. The fourth-order valence-electron chi connectivity index (χ4n) is 1.15. The molecule has 0 atom stereocenters. The monoisotopic (exact) mass is 197 g/mol. The highest BCUT2D eigenvalue weighted by atomic mass is 16.5. The van der Waals surface area contributed by atoms with Gasteiger partial charge in [0.25, 0.3) is 0 Å². The van der Waals surface area contributed by atoms with Crippen LogP contribution in [0.15, 0.2) is 6.07 Å². The van der Waals surface area contributed by atoms with E-state index in [-0.39, 0.29) is 5.41 Å². The number of nitrogen functional groups attached to an aromatic ring is 1. The van der Waals surface area contributed by atoms with Gasteiger partial charge >= 0.3 is 0 Å². The first-order chi connectivity index (χ1) is 6.45. The first-order valence-electron chi connectivity index (χ1n) is 4.78. The van der Waals surface area contributed by atoms with Crippen molar-refractivity contribution in [3.8, 4) is 0 Å². The van der Waals surface area contributed by atoms with E-state index in [2.05, 4.69) is 25.9 Å². The first kappa shape index (κ1) is 11.0. The lowest BCUT2D eigenvalue weighted by Gasteiger charge is -2.14. The summed E-state index contributed by atoms with van der Waals surface area (Å²) >= 11 is 0. The highest BCUT2D eigenvalue weighted by molar-refractivity contribution is 5.33. The van der Waals surface area contributed by atoms with Crippen LogP contribution in [0.5, 0.6) is 0 Å². The molecule has 1 aromatic rings. The summed E-state index contributed by atoms with van der Waals surface area (Å²) in [4.78, 5) is 0. The second-order valence-corrected chi connectivity index (χ2v) is 4.42. The standard InChI is InChI=1S/C10H19N3O/c1-10(2,3)8-7-9(11)13(12-8)5-6-14-4/h7H,5-6,11H2,1-4H3. The topological polar surface area (TPSA) is 53.1 Å². The van der Waals surface area contributed by atoms with Crippen LogP contribution >= 0.6 is 0 Å². The van der Waals surface area contributed by atoms with Crippen LogP contribution in [-0.4, -0.2) is 23.5 Å². The molecule has 0 fully saturated rings. The number of hydrogen-bond acceptors (Lipinski definition) is 3. The van der Waals surface area contributed by atoms with E-state index >= 15 is 0 Å². The number of hydrogen-bond donors (Lipinski definition) is 1. The van der Waals surface area contributed by atoms with Gasteiger partial charge in [0.15, 0.2) is 0 Å². The van der Waals surface area contributed by atoms with Crippen LogP contribution in [0.4, 0.5) is 5.82 Å². The lowest BCUT2D eigenvalue weighted by atomic mass is 9.92. The highest BCUT2D eigenvalue weighted by Crippen LogP contribution is 2.22. The van der Waals surface area contributed by atoms with Crippen molar-refractivity contribution in [1.82, 2.24) is 9.78 Å². The predicted octanol–water partition coefficient (Wildman–Crippen LogP) is 1.41. The molecule has 0 bridgehead atoms. The summed E-state index contributed by atoms with van der Waals surface area (Å²) in [7, 11) is 1.67. The second kappa shape index (κ2) is 4.00. The van der Waals surface area contributed by atoms with Gasteiger partial charge in [0, 0.05) is 18.6 Å². The number of methoxy groups -OCH3 is 1. The van der Waals surface area contributed by atoms with E-state index in [9.17, 15) is 0 Å². The van der Waals surface area contributed by atoms with Gasteiger partial charge in [-0.05, 0) is 0 Å². The van der Waals surface area contributed by atoms with Crippen molar-refractivity contribution in [2.45, 2.75) is 32.7 Å². The molecule has 0 saturated heterocycles. The van der Waals surface area contributed by atoms with Crippen LogP contribution in [0.3, 0.4) is 0 Å². The van der Waals surface area contributed by atoms with Gasteiger partial charge in [-0.25, -0.2) is 4.68 Å². The fourth-order valence-corrected chi connectivity index (χ4v) is 1.15. The molecule has 0 spiro atoms. The number of anilines is 1. The maximum absolute atomic E-state index is 5.82. The molecule has 0 unspecified atom stereocenters. The van der Waals surface area contributed by atoms with E-state index < -0.39 is 0 Å². The molecule has 4 nitrogen and oxygen atoms in total. The molecule has 4 heteroatoms. The smallest absolute Gasteiger partial charge is 0.122 e. The third kappa shape index (κ3) is 2.48. The van der Waals surface area contributed by atoms with Gasteiger partial charge in [0.05, 0.1) is 18.8 Å². The Bertz CT molecular complexity index is 299. The number of aromatic nitrogens is 2. The highest BCUT2D eigenvalue weighted by Gasteiger charge is 2.18. The van der Waals surface area contributed by atoms with Crippen LogP contribution in [0.2, 0.25) is 0 Å². The molecule has 1 aromatic heterocycles. The van der Waals surface area contributed by atoms with Crippen molar-refractivity contribution >= 4 is 5.82 Å². The molecule has 0 aliphatic rings. The molecule has 1 heterocycles. The quantitative estimate of drug-likeness (QED) is 0.797. The zero-order valence-corrected chi connectivity index (χ0v) is 9.37. The summed E-state index contributed by atoms with van der Waals surface area (Å²) in [6.45, 7) is 7.70. The summed E-state index contributed by atoms with van der Waals surface area (Å²) in [5.41, 5.74) is 6.89. The maximum atomic E-state index is 5.82. The Labute approximate surface area is 85.0 Å². The molecule has 1 rings (SSSR count). The average molecular weight is 197 g/mol. The molecule has 0 amide bonds. The van der Waals surface area contributed by atoms with Gasteiger partial charge in [-0.1, -0.05) is 20.8 Å². The van der Waals surface area contributed by atoms with E-state index in [1.54, 1.807) is 11.8 Å². The molecule has 0 aliphatic heterocycles. The van der Waals surface area contributed by atoms with Crippen molar-refractivity contribution in [2.75, 3.05) is 19.5 Å². The molecule has 0 saturated carbocycles. The minimum absolute atomic E-state index is 0.0481. The minimum Gasteiger partial charge on any atom is -0.384 e. The largest absolute Gasteiger partial charge is 0.384 e. The van der Waals surface area contributed by atoms with E-state index in [0.29, 0.717) is 19.0 Å². The van der Waals surface area contributed by atoms with Crippen LogP contribution < -0.4 is 5.73 Å². The number of nitrogens with two attached hydrogens (primary N) is 1. The molecule has 80 valence electrons. The predicted molar refractivity (Wildman–Crippen MR) is 57.2 cm³/mol. The summed E-state index contributed by atoms with van der Waals surface area (Å²) in [5, 5.41) is 4.43. The SMILES string of the molecule is COCCn1nc(C(C)(C)C)cc1N. The molecule has 0 aliphatic carbocycles. The maximum Gasteiger partial charge on any atom is 0.122 e. The van der Waals surface area contributed by atoms with E-state index in [4.69, 9.17) is 10.5 Å². The van der Waals surface area contributed by atoms with E-state index in [1.807, 2.05) is 6.07 Å². The lowest BCUT2D eigenvalue weighted by molar-refractivity contribution is 0.184. The Kier molecular flexibility index (Phi) is 3.16. The third-order valence-corrected chi connectivity index (χ3v) is 2.09. The lowest BCUT2D eigenvalue weighted by Crippen LogP contribution is -2.14. The van der Waals surface area contributed by atoms with E-state index in [1.165, 1.54) is 0 Å². The van der Waals surface area contributed by atoms with Gasteiger partial charge in [-0.15, -0.1) is 0 Å². The number of nitrogens with zero attached hydrogens (tertiary/aromatic N) is 2. The van der Waals surface area contributed by atoms with Gasteiger partial charge in [-0.2, -0.15) is 5.10 Å². The molecule has 0 radical (unpaired) electrons. The Balaban J connectivity index is 2.82. The minimum atomic E-state index is 0.0481. The third-order valence-electron chi connectivity index (χ3n) is 2.09. The average Bonchev–Trinajstić information content (AvgIpc) is 2.43. The van der Waals surface area contributed by atoms with Crippen LogP contribution in [0, 0.1) is 0 Å². The zero-order valence-electron chi connectivity index (χ0n) is 9.37. The zero-order chi connectivity index (χ0) is 10.8. The van der Waals surface area contributed by atoms with Gasteiger partial charge in [0.1, 0.15) is 5.82 Å². The van der Waals surface area contributed by atoms with Crippen LogP contribution in [0.25, 0.3) is 0 Å². The molecule has 0 aromatic carbocycles. The van der Waals surface area contributed by atoms with E-state index in [0.717, 1.165) is 5.69 Å². The summed E-state index contributed by atoms with van der Waals surface area (Å²) in [6, 6.07) is 1.93. The molecular weight excluding hydrogens is 178 g/mol. The van der Waals surface area contributed by atoms with Crippen molar-refractivity contribution < 1.29 is 4.74 Å². The summed E-state index contributed by atoms with van der Waals surface area (Å²) in [5.74, 6) is 0.701. The fraction of sp³-hybridized carbons (Fsp3) is 0.700. The Morgan fingerprint density at radius 1 is 1.50 bits per heavy atom. The second-order valence-electron chi connectivity index (χ2n) is 4.42. The van der Waals surface area contributed by atoms with Crippen molar-refractivity contribution in [3.63, 3.8) is 0 Å². The number of rotatable bonds is 3. The normalized spacial score (nSPS) is 12.0. The van der Waals surface area contributed by atoms with Crippen LogP contribution in [-0.2, 0) is 16.7 Å². The molecule has 2 N–H and O–H groups in total. The Morgan fingerprint density at radius 3 is 2.57 bits per heavy atom. The van der Waals surface area contributed by atoms with Gasteiger partial charge in [-0.3, -0.25) is 0 Å². The number of ether oxygens (including phenoxy) is 1. The van der Waals surface area contributed by atoms with Crippen molar-refractivity contribution in [2.24, 2.45) is 0 Å². The van der Waals surface area contributed by atoms with Gasteiger partial charge < -0.3 is 10.5 Å². The first-order valence-corrected chi connectivity index (χ1v) is 4.78.